The summed E-state index contributed by atoms with van der Waals surface area (Å²) in [5.41, 5.74) is 0.475. The van der Waals surface area contributed by atoms with Crippen LogP contribution in [0.3, 0.4) is 0 Å². The van der Waals surface area contributed by atoms with Gasteiger partial charge in [0.1, 0.15) is 0 Å². The van der Waals surface area contributed by atoms with Crippen molar-refractivity contribution in [3.8, 4) is 5.88 Å². The third kappa shape index (κ3) is 3.04. The van der Waals surface area contributed by atoms with Crippen molar-refractivity contribution in [2.24, 2.45) is 5.41 Å². The normalized spacial score (nSPS) is 17.8. The number of hydrogen-bond acceptors (Lipinski definition) is 4. The monoisotopic (exact) mass is 263 g/mol. The molecule has 0 spiro atoms. The summed E-state index contributed by atoms with van der Waals surface area (Å²) in [5.74, 6) is 0.647. The summed E-state index contributed by atoms with van der Waals surface area (Å²) in [4.78, 5) is 16.6. The number of nitrogens with zero attached hydrogens (tertiary/aromatic N) is 1. The van der Waals surface area contributed by atoms with Gasteiger partial charge in [0.05, 0.1) is 24.4 Å². The lowest BCUT2D eigenvalue weighted by atomic mass is 9.76. The SMILES string of the molecule is CCC1(C(=O)Nc2ccc(OC)nc2)CCNCC1. The van der Waals surface area contributed by atoms with Gasteiger partial charge in [-0.25, -0.2) is 4.98 Å². The molecule has 0 saturated carbocycles. The molecule has 1 fully saturated rings. The summed E-state index contributed by atoms with van der Waals surface area (Å²) < 4.78 is 5.00. The minimum absolute atomic E-state index is 0.100. The smallest absolute Gasteiger partial charge is 0.230 e. The fourth-order valence-corrected chi connectivity index (χ4v) is 2.49. The topological polar surface area (TPSA) is 63.2 Å². The zero-order chi connectivity index (χ0) is 13.7. The Labute approximate surface area is 113 Å². The molecule has 104 valence electrons. The molecule has 0 aromatic carbocycles. The predicted molar refractivity (Wildman–Crippen MR) is 74.2 cm³/mol. The molecule has 0 radical (unpaired) electrons. The Bertz CT molecular complexity index is 425. The minimum Gasteiger partial charge on any atom is -0.481 e. The van der Waals surface area contributed by atoms with Gasteiger partial charge in [0, 0.05) is 6.07 Å². The Hall–Kier alpha value is -1.62. The quantitative estimate of drug-likeness (QED) is 0.869. The Balaban J connectivity index is 2.05. The van der Waals surface area contributed by atoms with Gasteiger partial charge in [0.25, 0.3) is 0 Å². The maximum absolute atomic E-state index is 12.5. The summed E-state index contributed by atoms with van der Waals surface area (Å²) in [6.07, 6.45) is 4.27. The summed E-state index contributed by atoms with van der Waals surface area (Å²) in [7, 11) is 1.57. The molecule has 0 unspecified atom stereocenters. The van der Waals surface area contributed by atoms with Crippen LogP contribution in [0.2, 0.25) is 0 Å². The second kappa shape index (κ2) is 6.02. The van der Waals surface area contributed by atoms with Gasteiger partial charge in [-0.2, -0.15) is 0 Å². The first kappa shape index (κ1) is 13.8. The second-order valence-corrected chi connectivity index (χ2v) is 4.93. The van der Waals surface area contributed by atoms with Crippen molar-refractivity contribution < 1.29 is 9.53 Å². The summed E-state index contributed by atoms with van der Waals surface area (Å²) in [6.45, 7) is 3.89. The molecule has 1 amide bonds. The fourth-order valence-electron chi connectivity index (χ4n) is 2.49. The molecule has 1 aromatic rings. The highest BCUT2D eigenvalue weighted by molar-refractivity contribution is 5.95. The molecule has 19 heavy (non-hydrogen) atoms. The maximum atomic E-state index is 12.5. The summed E-state index contributed by atoms with van der Waals surface area (Å²) in [5, 5.41) is 6.27. The number of carbonyl (C=O) groups is 1. The first-order chi connectivity index (χ1) is 9.20. The van der Waals surface area contributed by atoms with Crippen molar-refractivity contribution in [1.29, 1.82) is 0 Å². The van der Waals surface area contributed by atoms with Crippen LogP contribution >= 0.6 is 0 Å². The van der Waals surface area contributed by atoms with Crippen LogP contribution < -0.4 is 15.4 Å². The molecule has 1 aromatic heterocycles. The average molecular weight is 263 g/mol. The van der Waals surface area contributed by atoms with Crippen LogP contribution in [0.1, 0.15) is 26.2 Å². The number of aromatic nitrogens is 1. The second-order valence-electron chi connectivity index (χ2n) is 4.93. The third-order valence-electron chi connectivity index (χ3n) is 3.92. The van der Waals surface area contributed by atoms with Crippen LogP contribution in [0, 0.1) is 5.41 Å². The molecule has 0 aliphatic carbocycles. The molecule has 5 nitrogen and oxygen atoms in total. The van der Waals surface area contributed by atoms with E-state index in [4.69, 9.17) is 4.74 Å². The first-order valence-corrected chi connectivity index (χ1v) is 6.72. The van der Waals surface area contributed by atoms with Gasteiger partial charge in [-0.05, 0) is 38.4 Å². The third-order valence-corrected chi connectivity index (χ3v) is 3.92. The van der Waals surface area contributed by atoms with Gasteiger partial charge in [-0.15, -0.1) is 0 Å². The summed E-state index contributed by atoms with van der Waals surface area (Å²) in [6, 6.07) is 3.56. The van der Waals surface area contributed by atoms with E-state index in [9.17, 15) is 4.79 Å². The van der Waals surface area contributed by atoms with Crippen LogP contribution in [0.5, 0.6) is 5.88 Å². The number of nitrogens with one attached hydrogen (secondary N) is 2. The standard InChI is InChI=1S/C14H21N3O2/c1-3-14(6-8-15-9-7-14)13(18)17-11-4-5-12(19-2)16-10-11/h4-5,10,15H,3,6-9H2,1-2H3,(H,17,18). The molecule has 0 bridgehead atoms. The maximum Gasteiger partial charge on any atom is 0.230 e. The molecule has 1 saturated heterocycles. The van der Waals surface area contributed by atoms with Crippen LogP contribution in [-0.2, 0) is 4.79 Å². The largest absolute Gasteiger partial charge is 0.481 e. The number of anilines is 1. The van der Waals surface area contributed by atoms with Crippen LogP contribution in [0.4, 0.5) is 5.69 Å². The van der Waals surface area contributed by atoms with Crippen LogP contribution in [0.15, 0.2) is 18.3 Å². The van der Waals surface area contributed by atoms with E-state index in [0.29, 0.717) is 5.88 Å². The molecular weight excluding hydrogens is 242 g/mol. The lowest BCUT2D eigenvalue weighted by Crippen LogP contribution is -2.44. The highest BCUT2D eigenvalue weighted by atomic mass is 16.5. The van der Waals surface area contributed by atoms with Crippen molar-refractivity contribution >= 4 is 11.6 Å². The van der Waals surface area contributed by atoms with E-state index in [2.05, 4.69) is 22.5 Å². The van der Waals surface area contributed by atoms with E-state index in [0.717, 1.165) is 38.0 Å². The van der Waals surface area contributed by atoms with Crippen molar-refractivity contribution in [2.45, 2.75) is 26.2 Å². The number of amides is 1. The molecule has 0 atom stereocenters. The molecule has 2 heterocycles. The molecule has 1 aliphatic rings. The zero-order valence-electron chi connectivity index (χ0n) is 11.5. The average Bonchev–Trinajstić information content (AvgIpc) is 2.48. The number of ether oxygens (including phenoxy) is 1. The number of carbonyl (C=O) groups excluding carboxylic acids is 1. The van der Waals surface area contributed by atoms with Crippen LogP contribution in [0.25, 0.3) is 0 Å². The number of rotatable bonds is 4. The number of piperidine rings is 1. The number of hydrogen-bond donors (Lipinski definition) is 2. The van der Waals surface area contributed by atoms with E-state index >= 15 is 0 Å². The molecular formula is C14H21N3O2. The van der Waals surface area contributed by atoms with Gasteiger partial charge in [-0.3, -0.25) is 4.79 Å². The van der Waals surface area contributed by atoms with E-state index < -0.39 is 0 Å². The number of methoxy groups -OCH3 is 1. The highest BCUT2D eigenvalue weighted by Gasteiger charge is 2.37. The summed E-state index contributed by atoms with van der Waals surface area (Å²) >= 11 is 0. The fraction of sp³-hybridized carbons (Fsp3) is 0.571. The van der Waals surface area contributed by atoms with Crippen molar-refractivity contribution in [3.63, 3.8) is 0 Å². The van der Waals surface area contributed by atoms with Gasteiger partial charge in [0.15, 0.2) is 0 Å². The first-order valence-electron chi connectivity index (χ1n) is 6.72. The molecule has 2 N–H and O–H groups in total. The van der Waals surface area contributed by atoms with E-state index in [1.165, 1.54) is 0 Å². The Morgan fingerprint density at radius 1 is 1.47 bits per heavy atom. The van der Waals surface area contributed by atoms with Crippen molar-refractivity contribution in [1.82, 2.24) is 10.3 Å². The Morgan fingerprint density at radius 2 is 2.21 bits per heavy atom. The molecule has 1 aliphatic heterocycles. The molecule has 2 rings (SSSR count). The Kier molecular flexibility index (Phi) is 4.37. The van der Waals surface area contributed by atoms with Crippen LogP contribution in [-0.4, -0.2) is 31.1 Å². The lowest BCUT2D eigenvalue weighted by molar-refractivity contribution is -0.127. The van der Waals surface area contributed by atoms with E-state index in [1.54, 1.807) is 19.4 Å². The minimum atomic E-state index is -0.245. The lowest BCUT2D eigenvalue weighted by Gasteiger charge is -2.35. The van der Waals surface area contributed by atoms with Crippen molar-refractivity contribution in [2.75, 3.05) is 25.5 Å². The zero-order valence-corrected chi connectivity index (χ0v) is 11.5. The highest BCUT2D eigenvalue weighted by Crippen LogP contribution is 2.33. The predicted octanol–water partition coefficient (Wildman–Crippen LogP) is 1.81. The van der Waals surface area contributed by atoms with E-state index in [1.807, 2.05) is 6.07 Å². The van der Waals surface area contributed by atoms with Gasteiger partial charge >= 0.3 is 0 Å². The van der Waals surface area contributed by atoms with Gasteiger partial charge in [0.2, 0.25) is 11.8 Å². The van der Waals surface area contributed by atoms with E-state index in [-0.39, 0.29) is 11.3 Å². The van der Waals surface area contributed by atoms with Gasteiger partial charge < -0.3 is 15.4 Å². The molecule has 5 heteroatoms. The van der Waals surface area contributed by atoms with Gasteiger partial charge in [-0.1, -0.05) is 6.92 Å². The number of pyridine rings is 1. The van der Waals surface area contributed by atoms with Crippen molar-refractivity contribution in [3.05, 3.63) is 18.3 Å². The Morgan fingerprint density at radius 3 is 2.74 bits per heavy atom.